The van der Waals surface area contributed by atoms with E-state index in [9.17, 15) is 0 Å². The molecule has 19 heavy (non-hydrogen) atoms. The van der Waals surface area contributed by atoms with Crippen molar-refractivity contribution in [3.05, 3.63) is 52.6 Å². The number of nitrogens with one attached hydrogen (secondary N) is 1. The molecular formula is C16H23N3. The van der Waals surface area contributed by atoms with Gasteiger partial charge in [-0.2, -0.15) is 0 Å². The van der Waals surface area contributed by atoms with Crippen LogP contribution in [0.5, 0.6) is 0 Å². The first-order valence-corrected chi connectivity index (χ1v) is 6.83. The Bertz CT molecular complexity index is 569. The number of nitrogens with zero attached hydrogens (tertiary/aromatic N) is 2. The van der Waals surface area contributed by atoms with E-state index in [1.165, 1.54) is 22.3 Å². The van der Waals surface area contributed by atoms with Crippen molar-refractivity contribution in [1.82, 2.24) is 14.9 Å². The van der Waals surface area contributed by atoms with Gasteiger partial charge in [-0.15, -0.1) is 0 Å². The van der Waals surface area contributed by atoms with Gasteiger partial charge in [0.2, 0.25) is 0 Å². The highest BCUT2D eigenvalue weighted by Crippen LogP contribution is 2.26. The van der Waals surface area contributed by atoms with Crippen molar-refractivity contribution in [3.63, 3.8) is 0 Å². The second-order valence-corrected chi connectivity index (χ2v) is 5.18. The number of rotatable bonds is 4. The van der Waals surface area contributed by atoms with Crippen molar-refractivity contribution in [2.45, 2.75) is 33.7 Å². The van der Waals surface area contributed by atoms with Crippen molar-refractivity contribution in [2.24, 2.45) is 7.05 Å². The molecule has 1 atom stereocenters. The third-order valence-electron chi connectivity index (χ3n) is 3.72. The smallest absolute Gasteiger partial charge is 0.130 e. The first-order valence-electron chi connectivity index (χ1n) is 6.83. The summed E-state index contributed by atoms with van der Waals surface area (Å²) < 4.78 is 2.09. The molecule has 1 aromatic carbocycles. The maximum atomic E-state index is 4.50. The van der Waals surface area contributed by atoms with Crippen LogP contribution < -0.4 is 5.32 Å². The van der Waals surface area contributed by atoms with Crippen LogP contribution in [0.3, 0.4) is 0 Å². The van der Waals surface area contributed by atoms with Crippen LogP contribution in [0.15, 0.2) is 24.5 Å². The van der Waals surface area contributed by atoms with E-state index in [1.54, 1.807) is 0 Å². The average molecular weight is 257 g/mol. The Kier molecular flexibility index (Phi) is 4.05. The summed E-state index contributed by atoms with van der Waals surface area (Å²) in [5, 5.41) is 3.55. The van der Waals surface area contributed by atoms with E-state index in [2.05, 4.69) is 54.7 Å². The van der Waals surface area contributed by atoms with E-state index in [0.717, 1.165) is 12.4 Å². The first kappa shape index (κ1) is 13.8. The number of hydrogen-bond donors (Lipinski definition) is 1. The van der Waals surface area contributed by atoms with Crippen LogP contribution in [0.4, 0.5) is 0 Å². The summed E-state index contributed by atoms with van der Waals surface area (Å²) >= 11 is 0. The fourth-order valence-corrected chi connectivity index (χ4v) is 2.49. The summed E-state index contributed by atoms with van der Waals surface area (Å²) in [4.78, 5) is 4.50. The molecule has 0 spiro atoms. The maximum Gasteiger partial charge on any atom is 0.130 e. The Balaban J connectivity index is 2.51. The second kappa shape index (κ2) is 5.57. The molecule has 1 unspecified atom stereocenters. The number of hydrogen-bond acceptors (Lipinski definition) is 2. The Morgan fingerprint density at radius 3 is 2.42 bits per heavy atom. The molecule has 0 radical (unpaired) electrons. The molecule has 0 aliphatic heterocycles. The van der Waals surface area contributed by atoms with Crippen LogP contribution >= 0.6 is 0 Å². The van der Waals surface area contributed by atoms with Gasteiger partial charge in [0.05, 0.1) is 6.04 Å². The molecular weight excluding hydrogens is 234 g/mol. The molecule has 0 amide bonds. The fourth-order valence-electron chi connectivity index (χ4n) is 2.49. The lowest BCUT2D eigenvalue weighted by Gasteiger charge is -2.21. The van der Waals surface area contributed by atoms with E-state index in [4.69, 9.17) is 0 Å². The third-order valence-corrected chi connectivity index (χ3v) is 3.72. The number of imidazole rings is 1. The monoisotopic (exact) mass is 257 g/mol. The minimum absolute atomic E-state index is 0.157. The molecule has 1 heterocycles. The van der Waals surface area contributed by atoms with Crippen LogP contribution in [0.2, 0.25) is 0 Å². The zero-order chi connectivity index (χ0) is 14.0. The molecule has 1 aromatic heterocycles. The summed E-state index contributed by atoms with van der Waals surface area (Å²) in [6.07, 6.45) is 3.85. The summed E-state index contributed by atoms with van der Waals surface area (Å²) in [6.45, 7) is 9.56. The quantitative estimate of drug-likeness (QED) is 0.912. The van der Waals surface area contributed by atoms with Gasteiger partial charge in [-0.1, -0.05) is 19.1 Å². The van der Waals surface area contributed by atoms with E-state index in [-0.39, 0.29) is 6.04 Å². The minimum Gasteiger partial charge on any atom is -0.336 e. The molecule has 0 bridgehead atoms. The van der Waals surface area contributed by atoms with Crippen molar-refractivity contribution in [1.29, 1.82) is 0 Å². The molecule has 3 nitrogen and oxygen atoms in total. The predicted octanol–water partition coefficient (Wildman–Crippen LogP) is 3.04. The van der Waals surface area contributed by atoms with Gasteiger partial charge in [-0.25, -0.2) is 4.98 Å². The molecule has 0 fully saturated rings. The molecule has 2 rings (SSSR count). The number of benzene rings is 1. The zero-order valence-electron chi connectivity index (χ0n) is 12.5. The van der Waals surface area contributed by atoms with E-state index < -0.39 is 0 Å². The van der Waals surface area contributed by atoms with Gasteiger partial charge in [-0.3, -0.25) is 0 Å². The van der Waals surface area contributed by atoms with Gasteiger partial charge < -0.3 is 9.88 Å². The van der Waals surface area contributed by atoms with E-state index in [0.29, 0.717) is 0 Å². The Morgan fingerprint density at radius 2 is 1.84 bits per heavy atom. The number of aryl methyl sites for hydroxylation is 4. The predicted molar refractivity (Wildman–Crippen MR) is 79.4 cm³/mol. The summed E-state index contributed by atoms with van der Waals surface area (Å²) in [6, 6.07) is 4.70. The number of aromatic nitrogens is 2. The van der Waals surface area contributed by atoms with E-state index in [1.807, 2.05) is 19.4 Å². The van der Waals surface area contributed by atoms with Gasteiger partial charge in [0.15, 0.2) is 0 Å². The largest absolute Gasteiger partial charge is 0.336 e. The highest BCUT2D eigenvalue weighted by Gasteiger charge is 2.19. The van der Waals surface area contributed by atoms with Crippen molar-refractivity contribution in [2.75, 3.05) is 6.54 Å². The zero-order valence-corrected chi connectivity index (χ0v) is 12.5. The van der Waals surface area contributed by atoms with Gasteiger partial charge in [0, 0.05) is 19.4 Å². The molecule has 3 heteroatoms. The second-order valence-electron chi connectivity index (χ2n) is 5.18. The Morgan fingerprint density at radius 1 is 1.16 bits per heavy atom. The van der Waals surface area contributed by atoms with Crippen LogP contribution in [0.25, 0.3) is 0 Å². The van der Waals surface area contributed by atoms with E-state index >= 15 is 0 Å². The van der Waals surface area contributed by atoms with Gasteiger partial charge in [0.25, 0.3) is 0 Å². The molecule has 2 aromatic rings. The molecule has 1 N–H and O–H groups in total. The Hall–Kier alpha value is -1.61. The summed E-state index contributed by atoms with van der Waals surface area (Å²) in [5.41, 5.74) is 5.31. The normalized spacial score (nSPS) is 12.7. The lowest BCUT2D eigenvalue weighted by atomic mass is 9.95. The minimum atomic E-state index is 0.157. The van der Waals surface area contributed by atoms with Crippen molar-refractivity contribution in [3.8, 4) is 0 Å². The molecule has 0 aliphatic rings. The molecule has 0 saturated heterocycles. The van der Waals surface area contributed by atoms with Crippen molar-refractivity contribution >= 4 is 0 Å². The first-order chi connectivity index (χ1) is 9.04. The lowest BCUT2D eigenvalue weighted by Crippen LogP contribution is -2.25. The van der Waals surface area contributed by atoms with Crippen molar-refractivity contribution < 1.29 is 0 Å². The fraction of sp³-hybridized carbons (Fsp3) is 0.438. The molecule has 0 aliphatic carbocycles. The van der Waals surface area contributed by atoms with Crippen LogP contribution in [0.1, 0.15) is 41.0 Å². The molecule has 102 valence electrons. The standard InChI is InChI=1S/C16H23N3/c1-6-17-15(16-18-7-8-19(16)5)14-10-12(3)11(2)9-13(14)4/h7-10,15,17H,6H2,1-5H3. The average Bonchev–Trinajstić information content (AvgIpc) is 2.77. The highest BCUT2D eigenvalue weighted by molar-refractivity contribution is 5.40. The summed E-state index contributed by atoms with van der Waals surface area (Å²) in [5.74, 6) is 1.06. The van der Waals surface area contributed by atoms with Gasteiger partial charge >= 0.3 is 0 Å². The third kappa shape index (κ3) is 2.71. The van der Waals surface area contributed by atoms with Crippen LogP contribution in [-0.4, -0.2) is 16.1 Å². The van der Waals surface area contributed by atoms with Crippen LogP contribution in [0, 0.1) is 20.8 Å². The van der Waals surface area contributed by atoms with Gasteiger partial charge in [-0.05, 0) is 49.6 Å². The Labute approximate surface area is 115 Å². The maximum absolute atomic E-state index is 4.50. The lowest BCUT2D eigenvalue weighted by molar-refractivity contribution is 0.574. The summed E-state index contributed by atoms with van der Waals surface area (Å²) in [7, 11) is 2.04. The van der Waals surface area contributed by atoms with Gasteiger partial charge in [0.1, 0.15) is 5.82 Å². The molecule has 0 saturated carbocycles. The highest BCUT2D eigenvalue weighted by atomic mass is 15.1. The SMILES string of the molecule is CCNC(c1cc(C)c(C)cc1C)c1nccn1C. The van der Waals surface area contributed by atoms with Crippen LogP contribution in [-0.2, 0) is 7.05 Å². The topological polar surface area (TPSA) is 29.9 Å².